The summed E-state index contributed by atoms with van der Waals surface area (Å²) in [5, 5.41) is 0. The van der Waals surface area contributed by atoms with Crippen molar-refractivity contribution in [3.8, 4) is 5.75 Å². The van der Waals surface area contributed by atoms with Gasteiger partial charge in [0.05, 0.1) is 23.0 Å². The van der Waals surface area contributed by atoms with Crippen molar-refractivity contribution in [2.24, 2.45) is 0 Å². The second-order valence-corrected chi connectivity index (χ2v) is 7.18. The van der Waals surface area contributed by atoms with E-state index in [9.17, 15) is 13.2 Å². The summed E-state index contributed by atoms with van der Waals surface area (Å²) in [4.78, 5) is 16.5. The van der Waals surface area contributed by atoms with E-state index in [1.54, 1.807) is 25.3 Å². The van der Waals surface area contributed by atoms with Gasteiger partial charge in [-0.1, -0.05) is 12.1 Å². The second-order valence-electron chi connectivity index (χ2n) is 5.42. The number of hydrogen-bond donors (Lipinski definition) is 3. The topological polar surface area (TPSA) is 104 Å². The number of aromatic amines is 2. The Morgan fingerprint density at radius 3 is 2.54 bits per heavy atom. The first-order valence-electron chi connectivity index (χ1n) is 7.24. The number of hydrogen-bond acceptors (Lipinski definition) is 4. The van der Waals surface area contributed by atoms with E-state index in [-0.39, 0.29) is 17.1 Å². The van der Waals surface area contributed by atoms with Crippen molar-refractivity contribution in [3.05, 3.63) is 58.0 Å². The molecule has 2 aromatic carbocycles. The molecule has 0 aliphatic heterocycles. The fourth-order valence-corrected chi connectivity index (χ4v) is 3.53. The lowest BCUT2D eigenvalue weighted by atomic mass is 10.1. The summed E-state index contributed by atoms with van der Waals surface area (Å²) in [5.74, 6) is 0.753. The number of benzene rings is 2. The molecule has 0 aliphatic rings. The number of imidazole rings is 1. The number of methoxy groups -OCH3 is 1. The second kappa shape index (κ2) is 6.14. The Bertz CT molecular complexity index is 1050. The van der Waals surface area contributed by atoms with Crippen LogP contribution in [0.15, 0.2) is 46.1 Å². The average molecular weight is 347 g/mol. The summed E-state index contributed by atoms with van der Waals surface area (Å²) in [5.41, 5.74) is 2.39. The Kier molecular flexibility index (Phi) is 4.16. The van der Waals surface area contributed by atoms with E-state index in [1.165, 1.54) is 12.1 Å². The molecule has 7 nitrogen and oxygen atoms in total. The van der Waals surface area contributed by atoms with Gasteiger partial charge in [-0.05, 0) is 42.3 Å². The molecule has 0 fully saturated rings. The van der Waals surface area contributed by atoms with E-state index in [0.717, 1.165) is 16.9 Å². The van der Waals surface area contributed by atoms with Gasteiger partial charge in [-0.25, -0.2) is 17.9 Å². The van der Waals surface area contributed by atoms with Gasteiger partial charge in [-0.15, -0.1) is 0 Å². The molecule has 0 spiro atoms. The number of rotatable bonds is 5. The standard InChI is InChI=1S/C16H17N3O4S/c1-10-7-11(3-6-15(10)23-2)9-17-24(21,22)12-4-5-13-14(8-12)19-16(20)18-13/h3-8,17H,9H2,1-2H3,(H2,18,19,20). The van der Waals surface area contributed by atoms with E-state index < -0.39 is 10.0 Å². The largest absolute Gasteiger partial charge is 0.496 e. The minimum Gasteiger partial charge on any atom is -0.496 e. The zero-order valence-corrected chi connectivity index (χ0v) is 14.0. The Morgan fingerprint density at radius 1 is 1.08 bits per heavy atom. The Balaban J connectivity index is 1.82. The van der Waals surface area contributed by atoms with Crippen LogP contribution in [0.5, 0.6) is 5.75 Å². The molecule has 0 saturated carbocycles. The normalized spacial score (nSPS) is 11.8. The third-order valence-electron chi connectivity index (χ3n) is 3.72. The van der Waals surface area contributed by atoms with E-state index in [4.69, 9.17) is 4.74 Å². The van der Waals surface area contributed by atoms with Crippen molar-refractivity contribution >= 4 is 21.1 Å². The number of fused-ring (bicyclic) bond motifs is 1. The molecule has 8 heteroatoms. The van der Waals surface area contributed by atoms with Crippen LogP contribution in [-0.2, 0) is 16.6 Å². The lowest BCUT2D eigenvalue weighted by molar-refractivity contribution is 0.411. The molecule has 3 rings (SSSR count). The first-order valence-corrected chi connectivity index (χ1v) is 8.72. The van der Waals surface area contributed by atoms with Gasteiger partial charge in [-0.3, -0.25) is 0 Å². The minimum absolute atomic E-state index is 0.0930. The maximum absolute atomic E-state index is 12.4. The van der Waals surface area contributed by atoms with Crippen molar-refractivity contribution in [1.29, 1.82) is 0 Å². The molecule has 1 heterocycles. The van der Waals surface area contributed by atoms with Gasteiger partial charge in [0.2, 0.25) is 10.0 Å². The predicted octanol–water partition coefficient (Wildman–Crippen LogP) is 1.65. The minimum atomic E-state index is -3.69. The highest BCUT2D eigenvalue weighted by Crippen LogP contribution is 2.19. The van der Waals surface area contributed by atoms with E-state index in [2.05, 4.69) is 14.7 Å². The summed E-state index contributed by atoms with van der Waals surface area (Å²) in [6, 6.07) is 9.91. The molecule has 24 heavy (non-hydrogen) atoms. The van der Waals surface area contributed by atoms with E-state index in [0.29, 0.717) is 11.0 Å². The van der Waals surface area contributed by atoms with Gasteiger partial charge >= 0.3 is 5.69 Å². The summed E-state index contributed by atoms with van der Waals surface area (Å²) in [7, 11) is -2.10. The quantitative estimate of drug-likeness (QED) is 0.653. The van der Waals surface area contributed by atoms with Crippen LogP contribution in [0, 0.1) is 6.92 Å². The molecule has 3 aromatic rings. The van der Waals surface area contributed by atoms with Gasteiger partial charge in [0.15, 0.2) is 0 Å². The van der Waals surface area contributed by atoms with Crippen molar-refractivity contribution < 1.29 is 13.2 Å². The molecule has 0 saturated heterocycles. The molecule has 3 N–H and O–H groups in total. The van der Waals surface area contributed by atoms with Gasteiger partial charge < -0.3 is 14.7 Å². The van der Waals surface area contributed by atoms with Crippen LogP contribution in [0.3, 0.4) is 0 Å². The molecular formula is C16H17N3O4S. The predicted molar refractivity (Wildman–Crippen MR) is 90.7 cm³/mol. The van der Waals surface area contributed by atoms with Crippen LogP contribution in [0.1, 0.15) is 11.1 Å². The van der Waals surface area contributed by atoms with Crippen molar-refractivity contribution in [1.82, 2.24) is 14.7 Å². The van der Waals surface area contributed by atoms with Crippen molar-refractivity contribution in [2.75, 3.05) is 7.11 Å². The number of aryl methyl sites for hydroxylation is 1. The number of sulfonamides is 1. The third kappa shape index (κ3) is 3.19. The smallest absolute Gasteiger partial charge is 0.323 e. The molecule has 0 radical (unpaired) electrons. The number of H-pyrrole nitrogens is 2. The van der Waals surface area contributed by atoms with Crippen LogP contribution >= 0.6 is 0 Å². The van der Waals surface area contributed by atoms with Crippen molar-refractivity contribution in [2.45, 2.75) is 18.4 Å². The lowest BCUT2D eigenvalue weighted by Crippen LogP contribution is -2.23. The number of aromatic nitrogens is 2. The summed E-state index contributed by atoms with van der Waals surface area (Å²) in [6.07, 6.45) is 0. The summed E-state index contributed by atoms with van der Waals surface area (Å²) >= 11 is 0. The Morgan fingerprint density at radius 2 is 1.83 bits per heavy atom. The fourth-order valence-electron chi connectivity index (χ4n) is 2.49. The summed E-state index contributed by atoms with van der Waals surface area (Å²) in [6.45, 7) is 2.06. The molecule has 0 bridgehead atoms. The van der Waals surface area contributed by atoms with Crippen LogP contribution in [0.2, 0.25) is 0 Å². The zero-order valence-electron chi connectivity index (χ0n) is 13.2. The summed E-state index contributed by atoms with van der Waals surface area (Å²) < 4.78 is 32.6. The van der Waals surface area contributed by atoms with Gasteiger partial charge in [-0.2, -0.15) is 0 Å². The fraction of sp³-hybridized carbons (Fsp3) is 0.188. The SMILES string of the molecule is COc1ccc(CNS(=O)(=O)c2ccc3[nH]c(=O)[nH]c3c2)cc1C. The Hall–Kier alpha value is -2.58. The van der Waals surface area contributed by atoms with E-state index in [1.807, 2.05) is 13.0 Å². The lowest BCUT2D eigenvalue weighted by Gasteiger charge is -2.09. The van der Waals surface area contributed by atoms with Crippen LogP contribution in [0.4, 0.5) is 0 Å². The highest BCUT2D eigenvalue weighted by Gasteiger charge is 2.15. The molecule has 0 amide bonds. The highest BCUT2D eigenvalue weighted by atomic mass is 32.2. The molecule has 126 valence electrons. The van der Waals surface area contributed by atoms with Crippen molar-refractivity contribution in [3.63, 3.8) is 0 Å². The van der Waals surface area contributed by atoms with Gasteiger partial charge in [0, 0.05) is 6.54 Å². The maximum Gasteiger partial charge on any atom is 0.323 e. The van der Waals surface area contributed by atoms with Crippen LogP contribution in [0.25, 0.3) is 11.0 Å². The Labute approximate surface area is 138 Å². The molecule has 0 aliphatic carbocycles. The first kappa shape index (κ1) is 16.3. The molecular weight excluding hydrogens is 330 g/mol. The zero-order chi connectivity index (χ0) is 17.3. The van der Waals surface area contributed by atoms with Gasteiger partial charge in [0.1, 0.15) is 5.75 Å². The third-order valence-corrected chi connectivity index (χ3v) is 5.12. The van der Waals surface area contributed by atoms with Crippen LogP contribution < -0.4 is 15.1 Å². The highest BCUT2D eigenvalue weighted by molar-refractivity contribution is 7.89. The molecule has 1 aromatic heterocycles. The van der Waals surface area contributed by atoms with E-state index >= 15 is 0 Å². The van der Waals surface area contributed by atoms with Crippen LogP contribution in [-0.4, -0.2) is 25.5 Å². The molecule has 0 unspecified atom stereocenters. The first-order chi connectivity index (χ1) is 11.4. The number of ether oxygens (including phenoxy) is 1. The monoisotopic (exact) mass is 347 g/mol. The molecule has 0 atom stereocenters. The van der Waals surface area contributed by atoms with Gasteiger partial charge in [0.25, 0.3) is 0 Å². The number of nitrogens with one attached hydrogen (secondary N) is 3. The maximum atomic E-state index is 12.4. The average Bonchev–Trinajstić information content (AvgIpc) is 2.92.